The lowest BCUT2D eigenvalue weighted by Gasteiger charge is -2.03. The van der Waals surface area contributed by atoms with Crippen LogP contribution in [-0.4, -0.2) is 6.61 Å². The fourth-order valence-corrected chi connectivity index (χ4v) is 1.59. The summed E-state index contributed by atoms with van der Waals surface area (Å²) >= 11 is 3.43. The molecule has 1 aromatic rings. The molecule has 0 unspecified atom stereocenters. The third-order valence-corrected chi connectivity index (χ3v) is 2.35. The average Bonchev–Trinajstić information content (AvgIpc) is 2.18. The van der Waals surface area contributed by atoms with Gasteiger partial charge in [-0.3, -0.25) is 0 Å². The second kappa shape index (κ2) is 6.80. The highest BCUT2D eigenvalue weighted by Gasteiger charge is 1.93. The number of allylic oxidation sites excluding steroid dienone is 1. The highest BCUT2D eigenvalue weighted by Crippen LogP contribution is 2.12. The van der Waals surface area contributed by atoms with Crippen LogP contribution in [0.5, 0.6) is 0 Å². The standard InChI is InChI=1S/C12H15BrO/c1-2-3-4-8-14-10-11-6-5-7-12(13)9-11/h2,5-7,9H,1,3-4,8,10H2. The maximum absolute atomic E-state index is 5.51. The van der Waals surface area contributed by atoms with Gasteiger partial charge in [0.05, 0.1) is 6.61 Å². The number of halogens is 1. The molecule has 1 rings (SSSR count). The summed E-state index contributed by atoms with van der Waals surface area (Å²) in [5.41, 5.74) is 1.21. The Bertz CT molecular complexity index is 283. The Morgan fingerprint density at radius 2 is 2.29 bits per heavy atom. The topological polar surface area (TPSA) is 9.23 Å². The Hall–Kier alpha value is -0.600. The molecule has 0 fully saturated rings. The molecule has 1 aromatic carbocycles. The monoisotopic (exact) mass is 254 g/mol. The molecule has 0 saturated carbocycles. The van der Waals surface area contributed by atoms with E-state index in [9.17, 15) is 0 Å². The summed E-state index contributed by atoms with van der Waals surface area (Å²) in [5, 5.41) is 0. The second-order valence-electron chi connectivity index (χ2n) is 3.11. The first kappa shape index (κ1) is 11.5. The summed E-state index contributed by atoms with van der Waals surface area (Å²) < 4.78 is 6.61. The Kier molecular flexibility index (Phi) is 5.57. The van der Waals surface area contributed by atoms with Crippen LogP contribution in [0.25, 0.3) is 0 Å². The van der Waals surface area contributed by atoms with Gasteiger partial charge in [-0.25, -0.2) is 0 Å². The van der Waals surface area contributed by atoms with Crippen LogP contribution in [0.15, 0.2) is 41.4 Å². The molecule has 0 atom stereocenters. The lowest BCUT2D eigenvalue weighted by Crippen LogP contribution is -1.94. The van der Waals surface area contributed by atoms with Crippen molar-refractivity contribution in [3.63, 3.8) is 0 Å². The van der Waals surface area contributed by atoms with Crippen molar-refractivity contribution >= 4 is 15.9 Å². The molecule has 2 heteroatoms. The van der Waals surface area contributed by atoms with Gasteiger partial charge in [0, 0.05) is 11.1 Å². The molecule has 14 heavy (non-hydrogen) atoms. The van der Waals surface area contributed by atoms with Crippen LogP contribution in [0.2, 0.25) is 0 Å². The molecule has 0 saturated heterocycles. The maximum atomic E-state index is 5.51. The second-order valence-corrected chi connectivity index (χ2v) is 4.03. The van der Waals surface area contributed by atoms with E-state index < -0.39 is 0 Å². The molecule has 0 radical (unpaired) electrons. The zero-order valence-electron chi connectivity index (χ0n) is 8.21. The van der Waals surface area contributed by atoms with Gasteiger partial charge in [0.15, 0.2) is 0 Å². The van der Waals surface area contributed by atoms with Crippen molar-refractivity contribution in [3.8, 4) is 0 Å². The van der Waals surface area contributed by atoms with Crippen molar-refractivity contribution in [1.82, 2.24) is 0 Å². The van der Waals surface area contributed by atoms with Gasteiger partial charge in [0.2, 0.25) is 0 Å². The van der Waals surface area contributed by atoms with Gasteiger partial charge in [0.1, 0.15) is 0 Å². The Labute approximate surface area is 93.9 Å². The Morgan fingerprint density at radius 3 is 3.00 bits per heavy atom. The van der Waals surface area contributed by atoms with Gasteiger partial charge in [-0.2, -0.15) is 0 Å². The molecule has 76 valence electrons. The maximum Gasteiger partial charge on any atom is 0.0717 e. The predicted molar refractivity (Wildman–Crippen MR) is 63.2 cm³/mol. The van der Waals surface area contributed by atoms with Gasteiger partial charge in [0.25, 0.3) is 0 Å². The van der Waals surface area contributed by atoms with Gasteiger partial charge in [-0.05, 0) is 30.5 Å². The van der Waals surface area contributed by atoms with E-state index in [2.05, 4.69) is 34.6 Å². The minimum atomic E-state index is 0.691. The average molecular weight is 255 g/mol. The highest BCUT2D eigenvalue weighted by atomic mass is 79.9. The first-order chi connectivity index (χ1) is 6.83. The van der Waals surface area contributed by atoms with Crippen LogP contribution in [0.1, 0.15) is 18.4 Å². The summed E-state index contributed by atoms with van der Waals surface area (Å²) in [7, 11) is 0. The first-order valence-electron chi connectivity index (χ1n) is 4.76. The first-order valence-corrected chi connectivity index (χ1v) is 5.55. The van der Waals surface area contributed by atoms with E-state index in [0.717, 1.165) is 23.9 Å². The van der Waals surface area contributed by atoms with E-state index in [1.807, 2.05) is 18.2 Å². The molecule has 0 aromatic heterocycles. The van der Waals surface area contributed by atoms with E-state index in [-0.39, 0.29) is 0 Å². The number of unbranched alkanes of at least 4 members (excludes halogenated alkanes) is 1. The van der Waals surface area contributed by atoms with E-state index in [1.165, 1.54) is 5.56 Å². The van der Waals surface area contributed by atoms with Crippen molar-refractivity contribution in [2.24, 2.45) is 0 Å². The molecule has 0 aliphatic carbocycles. The van der Waals surface area contributed by atoms with Crippen LogP contribution >= 0.6 is 15.9 Å². The van der Waals surface area contributed by atoms with Crippen molar-refractivity contribution in [3.05, 3.63) is 47.0 Å². The zero-order valence-corrected chi connectivity index (χ0v) is 9.79. The van der Waals surface area contributed by atoms with E-state index in [0.29, 0.717) is 6.61 Å². The molecule has 0 aliphatic rings. The number of ether oxygens (including phenoxy) is 1. The largest absolute Gasteiger partial charge is 0.377 e. The summed E-state index contributed by atoms with van der Waals surface area (Å²) in [5.74, 6) is 0. The third kappa shape index (κ3) is 4.58. The van der Waals surface area contributed by atoms with Crippen molar-refractivity contribution in [2.45, 2.75) is 19.4 Å². The smallest absolute Gasteiger partial charge is 0.0717 e. The van der Waals surface area contributed by atoms with Gasteiger partial charge < -0.3 is 4.74 Å². The number of hydrogen-bond donors (Lipinski definition) is 0. The summed E-state index contributed by atoms with van der Waals surface area (Å²) in [6, 6.07) is 8.18. The lowest BCUT2D eigenvalue weighted by atomic mass is 10.2. The summed E-state index contributed by atoms with van der Waals surface area (Å²) in [6.07, 6.45) is 4.00. The zero-order chi connectivity index (χ0) is 10.2. The summed E-state index contributed by atoms with van der Waals surface area (Å²) in [6.45, 7) is 5.16. The minimum absolute atomic E-state index is 0.691. The highest BCUT2D eigenvalue weighted by molar-refractivity contribution is 9.10. The van der Waals surface area contributed by atoms with Crippen LogP contribution in [0.4, 0.5) is 0 Å². The van der Waals surface area contributed by atoms with Gasteiger partial charge in [-0.15, -0.1) is 6.58 Å². The van der Waals surface area contributed by atoms with Crippen LogP contribution in [0, 0.1) is 0 Å². The predicted octanol–water partition coefficient (Wildman–Crippen LogP) is 3.93. The molecule has 0 heterocycles. The lowest BCUT2D eigenvalue weighted by molar-refractivity contribution is 0.119. The fraction of sp³-hybridized carbons (Fsp3) is 0.333. The van der Waals surface area contributed by atoms with E-state index in [4.69, 9.17) is 4.74 Å². The van der Waals surface area contributed by atoms with Crippen LogP contribution < -0.4 is 0 Å². The normalized spacial score (nSPS) is 10.1. The SMILES string of the molecule is C=CCCCOCc1cccc(Br)c1. The van der Waals surface area contributed by atoms with E-state index in [1.54, 1.807) is 0 Å². The van der Waals surface area contributed by atoms with Crippen molar-refractivity contribution in [1.29, 1.82) is 0 Å². The third-order valence-electron chi connectivity index (χ3n) is 1.85. The van der Waals surface area contributed by atoms with Crippen LogP contribution in [-0.2, 0) is 11.3 Å². The van der Waals surface area contributed by atoms with E-state index >= 15 is 0 Å². The molecule has 0 N–H and O–H groups in total. The molecule has 0 bridgehead atoms. The Morgan fingerprint density at radius 1 is 1.43 bits per heavy atom. The molecule has 0 spiro atoms. The Balaban J connectivity index is 2.21. The number of hydrogen-bond acceptors (Lipinski definition) is 1. The van der Waals surface area contributed by atoms with Gasteiger partial charge in [-0.1, -0.05) is 34.1 Å². The molecule has 0 aliphatic heterocycles. The van der Waals surface area contributed by atoms with Crippen molar-refractivity contribution in [2.75, 3.05) is 6.61 Å². The minimum Gasteiger partial charge on any atom is -0.377 e. The summed E-state index contributed by atoms with van der Waals surface area (Å²) in [4.78, 5) is 0. The number of benzene rings is 1. The molecule has 1 nitrogen and oxygen atoms in total. The molecule has 0 amide bonds. The fourth-order valence-electron chi connectivity index (χ4n) is 1.15. The molecular weight excluding hydrogens is 240 g/mol. The quantitative estimate of drug-likeness (QED) is 0.552. The van der Waals surface area contributed by atoms with Crippen LogP contribution in [0.3, 0.4) is 0 Å². The number of rotatable bonds is 6. The van der Waals surface area contributed by atoms with Gasteiger partial charge >= 0.3 is 0 Å². The van der Waals surface area contributed by atoms with Crippen molar-refractivity contribution < 1.29 is 4.74 Å². The molecular formula is C12H15BrO.